The molecule has 0 radical (unpaired) electrons. The molecule has 0 bridgehead atoms. The molecule has 0 saturated heterocycles. The maximum Gasteiger partial charge on any atom is 0.272 e. The van der Waals surface area contributed by atoms with E-state index in [0.717, 1.165) is 0 Å². The first-order chi connectivity index (χ1) is 7.53. The Hall–Kier alpha value is -1.63. The number of carbonyl (C=O) groups excluding carboxylic acids is 1. The van der Waals surface area contributed by atoms with E-state index in [4.69, 9.17) is 0 Å². The van der Waals surface area contributed by atoms with Crippen LogP contribution in [0.3, 0.4) is 0 Å². The largest absolute Gasteiger partial charge is 0.327 e. The van der Waals surface area contributed by atoms with Gasteiger partial charge in [0, 0.05) is 11.8 Å². The van der Waals surface area contributed by atoms with Gasteiger partial charge in [0.15, 0.2) is 6.29 Å². The van der Waals surface area contributed by atoms with Crippen molar-refractivity contribution < 1.29 is 13.2 Å². The Bertz CT molecular complexity index is 571. The third kappa shape index (κ3) is 2.13. The molecular weight excluding hydrogens is 232 g/mol. The molecule has 2 rings (SSSR count). The van der Waals surface area contributed by atoms with Crippen molar-refractivity contribution in [2.75, 3.05) is 4.72 Å². The first-order valence-corrected chi connectivity index (χ1v) is 6.27. The molecule has 1 aromatic rings. The number of rotatable bonds is 4. The fourth-order valence-electron chi connectivity index (χ4n) is 1.26. The topological polar surface area (TPSA) is 96.1 Å². The van der Waals surface area contributed by atoms with Crippen molar-refractivity contribution in [3.05, 3.63) is 28.2 Å². The van der Waals surface area contributed by atoms with Crippen molar-refractivity contribution in [3.63, 3.8) is 0 Å². The van der Waals surface area contributed by atoms with E-state index in [2.05, 4.69) is 9.71 Å². The lowest BCUT2D eigenvalue weighted by atomic mass is 10.3. The Morgan fingerprint density at radius 2 is 2.12 bits per heavy atom. The number of carbonyl (C=O) groups is 1. The van der Waals surface area contributed by atoms with Gasteiger partial charge in [0.05, 0.1) is 5.25 Å². The van der Waals surface area contributed by atoms with E-state index in [1.807, 2.05) is 0 Å². The van der Waals surface area contributed by atoms with Crippen LogP contribution in [0.5, 0.6) is 0 Å². The number of anilines is 1. The van der Waals surface area contributed by atoms with Gasteiger partial charge in [-0.1, -0.05) is 0 Å². The summed E-state index contributed by atoms with van der Waals surface area (Å²) in [7, 11) is -3.47. The average Bonchev–Trinajstić information content (AvgIpc) is 3.04. The fourth-order valence-corrected chi connectivity index (χ4v) is 2.64. The molecule has 86 valence electrons. The van der Waals surface area contributed by atoms with Crippen LogP contribution in [0.25, 0.3) is 0 Å². The Balaban J connectivity index is 2.33. The van der Waals surface area contributed by atoms with Gasteiger partial charge < -0.3 is 4.98 Å². The first kappa shape index (κ1) is 10.9. The summed E-state index contributed by atoms with van der Waals surface area (Å²) in [4.78, 5) is 24.1. The number of aldehydes is 1. The standard InChI is InChI=1S/C9H10N2O4S/c12-5-6-3-8(9(13)10-4-6)11-16(14,15)7-1-2-7/h3-5,7,11H,1-2H2,(H,10,13). The molecule has 1 heterocycles. The summed E-state index contributed by atoms with van der Waals surface area (Å²) in [5.74, 6) is 0. The number of pyridine rings is 1. The third-order valence-electron chi connectivity index (χ3n) is 2.28. The molecule has 1 aliphatic rings. The quantitative estimate of drug-likeness (QED) is 0.731. The number of sulfonamides is 1. The maximum absolute atomic E-state index is 11.6. The van der Waals surface area contributed by atoms with Crippen LogP contribution in [0.4, 0.5) is 5.69 Å². The van der Waals surface area contributed by atoms with Gasteiger partial charge in [-0.05, 0) is 18.9 Å². The summed E-state index contributed by atoms with van der Waals surface area (Å²) >= 11 is 0. The van der Waals surface area contributed by atoms with E-state index in [-0.39, 0.29) is 11.3 Å². The Morgan fingerprint density at radius 1 is 1.44 bits per heavy atom. The lowest BCUT2D eigenvalue weighted by Crippen LogP contribution is -2.23. The molecule has 1 fully saturated rings. The van der Waals surface area contributed by atoms with Gasteiger partial charge in [-0.25, -0.2) is 8.42 Å². The van der Waals surface area contributed by atoms with E-state index in [1.54, 1.807) is 0 Å². The van der Waals surface area contributed by atoms with Crippen LogP contribution in [0.2, 0.25) is 0 Å². The summed E-state index contributed by atoms with van der Waals surface area (Å²) in [5, 5.41) is -0.410. The minimum atomic E-state index is -3.47. The molecule has 0 unspecified atom stereocenters. The van der Waals surface area contributed by atoms with Gasteiger partial charge in [0.25, 0.3) is 5.56 Å². The second-order valence-corrected chi connectivity index (χ2v) is 5.60. The van der Waals surface area contributed by atoms with Crippen LogP contribution in [0.15, 0.2) is 17.1 Å². The molecule has 1 aromatic heterocycles. The van der Waals surface area contributed by atoms with Crippen LogP contribution in [0.1, 0.15) is 23.2 Å². The van der Waals surface area contributed by atoms with Crippen molar-refractivity contribution in [2.45, 2.75) is 18.1 Å². The van der Waals surface area contributed by atoms with Crippen LogP contribution in [-0.2, 0) is 10.0 Å². The number of aromatic amines is 1. The highest BCUT2D eigenvalue weighted by molar-refractivity contribution is 7.93. The predicted octanol–water partition coefficient (Wildman–Crippen LogP) is 0.0915. The lowest BCUT2D eigenvalue weighted by molar-refractivity contribution is 0.112. The van der Waals surface area contributed by atoms with E-state index < -0.39 is 20.8 Å². The molecule has 1 aliphatic carbocycles. The molecule has 0 spiro atoms. The number of H-pyrrole nitrogens is 1. The zero-order valence-electron chi connectivity index (χ0n) is 8.26. The normalized spacial score (nSPS) is 15.8. The van der Waals surface area contributed by atoms with Crippen molar-refractivity contribution in [3.8, 4) is 0 Å². The fraction of sp³-hybridized carbons (Fsp3) is 0.333. The highest BCUT2D eigenvalue weighted by atomic mass is 32.2. The highest BCUT2D eigenvalue weighted by Crippen LogP contribution is 2.29. The summed E-state index contributed by atoms with van der Waals surface area (Å²) < 4.78 is 25.3. The molecule has 2 N–H and O–H groups in total. The molecule has 0 amide bonds. The SMILES string of the molecule is O=Cc1c[nH]c(=O)c(NS(=O)(=O)C2CC2)c1. The molecule has 6 nitrogen and oxygen atoms in total. The number of aromatic nitrogens is 1. The smallest absolute Gasteiger partial charge is 0.272 e. The van der Waals surface area contributed by atoms with Gasteiger partial charge in [-0.15, -0.1) is 0 Å². The van der Waals surface area contributed by atoms with E-state index in [9.17, 15) is 18.0 Å². The van der Waals surface area contributed by atoms with Gasteiger partial charge in [0.1, 0.15) is 5.69 Å². The summed E-state index contributed by atoms with van der Waals surface area (Å²) in [6.07, 6.45) is 2.98. The highest BCUT2D eigenvalue weighted by Gasteiger charge is 2.36. The summed E-state index contributed by atoms with van der Waals surface area (Å²) in [6, 6.07) is 1.21. The Labute approximate surface area is 91.7 Å². The Kier molecular flexibility index (Phi) is 2.55. The number of nitrogens with one attached hydrogen (secondary N) is 2. The average molecular weight is 242 g/mol. The van der Waals surface area contributed by atoms with Crippen molar-refractivity contribution >= 4 is 22.0 Å². The minimum absolute atomic E-state index is 0.114. The van der Waals surface area contributed by atoms with Gasteiger partial charge in [-0.3, -0.25) is 14.3 Å². The molecule has 0 aliphatic heterocycles. The van der Waals surface area contributed by atoms with E-state index in [0.29, 0.717) is 19.1 Å². The Morgan fingerprint density at radius 3 is 2.69 bits per heavy atom. The predicted molar refractivity (Wildman–Crippen MR) is 58.0 cm³/mol. The molecule has 16 heavy (non-hydrogen) atoms. The van der Waals surface area contributed by atoms with E-state index in [1.165, 1.54) is 12.3 Å². The van der Waals surface area contributed by atoms with Crippen molar-refractivity contribution in [2.24, 2.45) is 0 Å². The molecule has 1 saturated carbocycles. The zero-order valence-corrected chi connectivity index (χ0v) is 9.08. The maximum atomic E-state index is 11.6. The van der Waals surface area contributed by atoms with Crippen LogP contribution in [-0.4, -0.2) is 24.9 Å². The third-order valence-corrected chi connectivity index (χ3v) is 4.13. The molecule has 0 aromatic carbocycles. The number of hydrogen-bond acceptors (Lipinski definition) is 4. The van der Waals surface area contributed by atoms with Gasteiger partial charge in [0.2, 0.25) is 10.0 Å². The molecule has 7 heteroatoms. The second kappa shape index (κ2) is 3.75. The lowest BCUT2D eigenvalue weighted by Gasteiger charge is -2.05. The first-order valence-electron chi connectivity index (χ1n) is 4.72. The van der Waals surface area contributed by atoms with Crippen LogP contribution >= 0.6 is 0 Å². The zero-order chi connectivity index (χ0) is 11.8. The van der Waals surface area contributed by atoms with Crippen molar-refractivity contribution in [1.29, 1.82) is 0 Å². The van der Waals surface area contributed by atoms with Gasteiger partial charge >= 0.3 is 0 Å². The molecule has 0 atom stereocenters. The monoisotopic (exact) mass is 242 g/mol. The van der Waals surface area contributed by atoms with Gasteiger partial charge in [-0.2, -0.15) is 0 Å². The summed E-state index contributed by atoms with van der Waals surface area (Å²) in [5.41, 5.74) is -0.459. The van der Waals surface area contributed by atoms with E-state index >= 15 is 0 Å². The minimum Gasteiger partial charge on any atom is -0.327 e. The van der Waals surface area contributed by atoms with Crippen LogP contribution in [0, 0.1) is 0 Å². The van der Waals surface area contributed by atoms with Crippen LogP contribution < -0.4 is 10.3 Å². The van der Waals surface area contributed by atoms with Crippen molar-refractivity contribution in [1.82, 2.24) is 4.98 Å². The second-order valence-electron chi connectivity index (χ2n) is 3.64. The summed E-state index contributed by atoms with van der Waals surface area (Å²) in [6.45, 7) is 0. The number of hydrogen-bond donors (Lipinski definition) is 2. The molecular formula is C9H10N2O4S.